The van der Waals surface area contributed by atoms with Crippen LogP contribution in [0.4, 0.5) is 4.39 Å². The Labute approximate surface area is 120 Å². The quantitative estimate of drug-likeness (QED) is 0.498. The van der Waals surface area contributed by atoms with E-state index in [-0.39, 0.29) is 5.82 Å². The molecule has 0 aliphatic rings. The lowest BCUT2D eigenvalue weighted by Gasteiger charge is -2.02. The molecule has 0 saturated carbocycles. The van der Waals surface area contributed by atoms with Gasteiger partial charge in [-0.2, -0.15) is 0 Å². The van der Waals surface area contributed by atoms with Crippen molar-refractivity contribution >= 4 is 33.1 Å². The fourth-order valence-electron chi connectivity index (χ4n) is 2.66. The molecule has 0 aliphatic heterocycles. The van der Waals surface area contributed by atoms with Crippen LogP contribution in [-0.2, 0) is 6.54 Å². The monoisotopic (exact) mass is 275 g/mol. The molecule has 4 rings (SSSR count). The molecular formula is C17H10FN3. The van der Waals surface area contributed by atoms with Gasteiger partial charge in [0.05, 0.1) is 23.1 Å². The van der Waals surface area contributed by atoms with Crippen LogP contribution in [0.1, 0.15) is 0 Å². The van der Waals surface area contributed by atoms with Gasteiger partial charge in [0.15, 0.2) is 5.65 Å². The van der Waals surface area contributed by atoms with Crippen LogP contribution in [0.2, 0.25) is 0 Å². The summed E-state index contributed by atoms with van der Waals surface area (Å²) in [5, 5.41) is 0.735. The number of halogens is 1. The van der Waals surface area contributed by atoms with Crippen molar-refractivity contribution in [1.82, 2.24) is 14.5 Å². The number of hydrogen-bond donors (Lipinski definition) is 0. The van der Waals surface area contributed by atoms with Crippen LogP contribution < -0.4 is 0 Å². The highest BCUT2D eigenvalue weighted by Crippen LogP contribution is 2.28. The van der Waals surface area contributed by atoms with Crippen LogP contribution in [0.5, 0.6) is 0 Å². The van der Waals surface area contributed by atoms with E-state index in [9.17, 15) is 4.39 Å². The van der Waals surface area contributed by atoms with Gasteiger partial charge in [0.1, 0.15) is 11.3 Å². The molecule has 21 heavy (non-hydrogen) atoms. The largest absolute Gasteiger partial charge is 0.312 e. The van der Waals surface area contributed by atoms with E-state index in [2.05, 4.69) is 15.9 Å². The van der Waals surface area contributed by atoms with E-state index in [1.165, 1.54) is 12.1 Å². The molecule has 2 aromatic heterocycles. The summed E-state index contributed by atoms with van der Waals surface area (Å²) in [6.07, 6.45) is 5.45. The van der Waals surface area contributed by atoms with Crippen molar-refractivity contribution in [2.45, 2.75) is 6.54 Å². The summed E-state index contributed by atoms with van der Waals surface area (Å²) in [6, 6.07) is 12.2. The van der Waals surface area contributed by atoms with Crippen LogP contribution >= 0.6 is 0 Å². The molecule has 2 heterocycles. The molecule has 4 heteroatoms. The molecule has 0 fully saturated rings. The summed E-state index contributed by atoms with van der Waals surface area (Å²) in [5.41, 5.74) is 3.80. The summed E-state index contributed by atoms with van der Waals surface area (Å²) in [4.78, 5) is 9.28. The number of hydrogen-bond acceptors (Lipinski definition) is 2. The van der Waals surface area contributed by atoms with Crippen LogP contribution in [-0.4, -0.2) is 14.5 Å². The zero-order chi connectivity index (χ0) is 14.4. The molecule has 4 aromatic rings. The first-order valence-electron chi connectivity index (χ1n) is 6.55. The Kier molecular flexibility index (Phi) is 2.42. The first kappa shape index (κ1) is 11.9. The van der Waals surface area contributed by atoms with Gasteiger partial charge >= 0.3 is 0 Å². The van der Waals surface area contributed by atoms with Crippen molar-refractivity contribution in [1.29, 1.82) is 0 Å². The maximum Gasteiger partial charge on any atom is 0.161 e. The van der Waals surface area contributed by atoms with Gasteiger partial charge < -0.3 is 4.57 Å². The number of para-hydroxylation sites is 2. The Morgan fingerprint density at radius 1 is 1.10 bits per heavy atom. The second-order valence-electron chi connectivity index (χ2n) is 4.84. The smallest absolute Gasteiger partial charge is 0.161 e. The number of rotatable bonds is 1. The van der Waals surface area contributed by atoms with Crippen molar-refractivity contribution in [2.75, 3.05) is 0 Å². The fourth-order valence-corrected chi connectivity index (χ4v) is 2.66. The maximum absolute atomic E-state index is 13.6. The number of fused-ring (bicyclic) bond motifs is 4. The Bertz CT molecular complexity index is 1040. The van der Waals surface area contributed by atoms with Gasteiger partial charge in [-0.05, 0) is 30.3 Å². The topological polar surface area (TPSA) is 30.7 Å². The highest BCUT2D eigenvalue weighted by atomic mass is 19.1. The molecular weight excluding hydrogens is 265 g/mol. The normalized spacial score (nSPS) is 11.2. The first-order valence-corrected chi connectivity index (χ1v) is 6.55. The third kappa shape index (κ3) is 1.68. The van der Waals surface area contributed by atoms with Gasteiger partial charge in [0.25, 0.3) is 0 Å². The number of aromatic nitrogens is 3. The summed E-state index contributed by atoms with van der Waals surface area (Å²) in [5.74, 6) is 2.32. The summed E-state index contributed by atoms with van der Waals surface area (Å²) < 4.78 is 15.5. The zero-order valence-electron chi connectivity index (χ0n) is 11.0. The van der Waals surface area contributed by atoms with Crippen molar-refractivity contribution in [3.63, 3.8) is 0 Å². The minimum atomic E-state index is -0.294. The molecule has 0 bridgehead atoms. The molecule has 3 nitrogen and oxygen atoms in total. The number of terminal acetylenes is 1. The second kappa shape index (κ2) is 4.29. The molecule has 0 amide bonds. The lowest BCUT2D eigenvalue weighted by molar-refractivity contribution is 0.629. The molecule has 0 N–H and O–H groups in total. The molecule has 0 spiro atoms. The standard InChI is InChI=1S/C17H10FN3/c1-2-9-21-15-8-7-11(18)10-12(15)16-17(21)20-14-6-4-3-5-13(14)19-16/h1,3-8,10H,9H2. The average Bonchev–Trinajstić information content (AvgIpc) is 2.79. The van der Waals surface area contributed by atoms with E-state index >= 15 is 0 Å². The summed E-state index contributed by atoms with van der Waals surface area (Å²) >= 11 is 0. The van der Waals surface area contributed by atoms with Gasteiger partial charge in [-0.25, -0.2) is 14.4 Å². The lowest BCUT2D eigenvalue weighted by atomic mass is 10.2. The minimum Gasteiger partial charge on any atom is -0.312 e. The van der Waals surface area contributed by atoms with Crippen LogP contribution in [0.3, 0.4) is 0 Å². The maximum atomic E-state index is 13.6. The van der Waals surface area contributed by atoms with Crippen LogP contribution in [0, 0.1) is 18.2 Å². The zero-order valence-corrected chi connectivity index (χ0v) is 11.0. The molecule has 100 valence electrons. The Balaban J connectivity index is 2.25. The Morgan fingerprint density at radius 3 is 2.62 bits per heavy atom. The minimum absolute atomic E-state index is 0.294. The predicted octanol–water partition coefficient (Wildman–Crippen LogP) is 3.51. The molecule has 2 aromatic carbocycles. The van der Waals surface area contributed by atoms with Crippen molar-refractivity contribution in [2.24, 2.45) is 0 Å². The van der Waals surface area contributed by atoms with E-state index < -0.39 is 0 Å². The summed E-state index contributed by atoms with van der Waals surface area (Å²) in [7, 11) is 0. The van der Waals surface area contributed by atoms with Gasteiger partial charge in [-0.1, -0.05) is 18.1 Å². The van der Waals surface area contributed by atoms with Crippen molar-refractivity contribution < 1.29 is 4.39 Å². The van der Waals surface area contributed by atoms with Gasteiger partial charge in [-0.3, -0.25) is 0 Å². The first-order chi connectivity index (χ1) is 10.3. The van der Waals surface area contributed by atoms with Crippen molar-refractivity contribution in [3.8, 4) is 12.3 Å². The second-order valence-corrected chi connectivity index (χ2v) is 4.84. The SMILES string of the molecule is C#CCn1c2ccc(F)cc2c2nc3ccccc3nc21. The summed E-state index contributed by atoms with van der Waals surface area (Å²) in [6.45, 7) is 0.374. The van der Waals surface area contributed by atoms with E-state index in [0.717, 1.165) is 21.9 Å². The molecule has 0 unspecified atom stereocenters. The van der Waals surface area contributed by atoms with E-state index in [1.807, 2.05) is 28.8 Å². The molecule has 0 saturated heterocycles. The number of nitrogens with zero attached hydrogens (tertiary/aromatic N) is 3. The van der Waals surface area contributed by atoms with E-state index in [4.69, 9.17) is 6.42 Å². The van der Waals surface area contributed by atoms with E-state index in [1.54, 1.807) is 6.07 Å². The highest BCUT2D eigenvalue weighted by molar-refractivity contribution is 6.06. The van der Waals surface area contributed by atoms with Gasteiger partial charge in [0, 0.05) is 5.39 Å². The lowest BCUT2D eigenvalue weighted by Crippen LogP contribution is -1.97. The third-order valence-electron chi connectivity index (χ3n) is 3.56. The molecule has 0 aliphatic carbocycles. The third-order valence-corrected chi connectivity index (χ3v) is 3.56. The highest BCUT2D eigenvalue weighted by Gasteiger charge is 2.14. The van der Waals surface area contributed by atoms with E-state index in [0.29, 0.717) is 17.7 Å². The Morgan fingerprint density at radius 2 is 1.86 bits per heavy atom. The number of benzene rings is 2. The van der Waals surface area contributed by atoms with Gasteiger partial charge in [0.2, 0.25) is 0 Å². The van der Waals surface area contributed by atoms with Crippen LogP contribution in [0.15, 0.2) is 42.5 Å². The molecule has 0 radical (unpaired) electrons. The fraction of sp³-hybridized carbons (Fsp3) is 0.0588. The molecule has 0 atom stereocenters. The average molecular weight is 275 g/mol. The van der Waals surface area contributed by atoms with Crippen molar-refractivity contribution in [3.05, 3.63) is 48.3 Å². The van der Waals surface area contributed by atoms with Crippen LogP contribution in [0.25, 0.3) is 33.1 Å². The van der Waals surface area contributed by atoms with Gasteiger partial charge in [-0.15, -0.1) is 6.42 Å². The Hall–Kier alpha value is -2.93. The predicted molar refractivity (Wildman–Crippen MR) is 81.3 cm³/mol.